The molecule has 0 aliphatic rings. The van der Waals surface area contributed by atoms with E-state index >= 15 is 0 Å². The van der Waals surface area contributed by atoms with Gasteiger partial charge in [-0.05, 0) is 18.2 Å². The van der Waals surface area contributed by atoms with Crippen molar-refractivity contribution >= 4 is 27.2 Å². The Hall–Kier alpha value is -1.28. The van der Waals surface area contributed by atoms with E-state index in [0.717, 1.165) is 24.5 Å². The van der Waals surface area contributed by atoms with Crippen molar-refractivity contribution in [1.82, 2.24) is 0 Å². The van der Waals surface area contributed by atoms with E-state index in [1.165, 1.54) is 0 Å². The van der Waals surface area contributed by atoms with Gasteiger partial charge >= 0.3 is 6.36 Å². The second-order valence-electron chi connectivity index (χ2n) is 3.69. The van der Waals surface area contributed by atoms with Crippen LogP contribution in [0.5, 0.6) is 5.75 Å². The monoisotopic (exact) mass is 316 g/mol. The Kier molecular flexibility index (Phi) is 4.46. The lowest BCUT2D eigenvalue weighted by molar-refractivity contribution is -0.274. The van der Waals surface area contributed by atoms with Crippen molar-refractivity contribution in [2.45, 2.75) is 6.36 Å². The predicted molar refractivity (Wildman–Crippen MR) is 62.2 cm³/mol. The van der Waals surface area contributed by atoms with Gasteiger partial charge < -0.3 is 4.74 Å². The molecule has 0 fully saturated rings. The maximum absolute atomic E-state index is 12.0. The average Bonchev–Trinajstić information content (AvgIpc) is 2.16. The molecule has 1 aromatic carbocycles. The molecule has 106 valence electrons. The van der Waals surface area contributed by atoms with E-state index in [2.05, 4.69) is 4.74 Å². The molecule has 0 heterocycles. The maximum Gasteiger partial charge on any atom is 0.573 e. The lowest BCUT2D eigenvalue weighted by Crippen LogP contribution is -2.18. The van der Waals surface area contributed by atoms with Crippen molar-refractivity contribution in [3.63, 3.8) is 0 Å². The van der Waals surface area contributed by atoms with Gasteiger partial charge in [0.2, 0.25) is 0 Å². The molecule has 9 heteroatoms. The molecule has 0 bridgehead atoms. The summed E-state index contributed by atoms with van der Waals surface area (Å²) in [6.07, 6.45) is -4.03. The Balaban J connectivity index is 2.97. The molecule has 0 unspecified atom stereocenters. The third-order valence-electron chi connectivity index (χ3n) is 1.87. The number of alkyl halides is 3. The molecule has 0 atom stereocenters. The zero-order chi connectivity index (χ0) is 14.8. The summed E-state index contributed by atoms with van der Waals surface area (Å²) in [5.41, 5.74) is -0.107. The van der Waals surface area contributed by atoms with Crippen molar-refractivity contribution in [2.24, 2.45) is 0 Å². The van der Waals surface area contributed by atoms with E-state index in [1.807, 2.05) is 0 Å². The summed E-state index contributed by atoms with van der Waals surface area (Å²) in [6.45, 7) is 0. The highest BCUT2D eigenvalue weighted by Crippen LogP contribution is 2.30. The Morgan fingerprint density at radius 3 is 2.37 bits per heavy atom. The minimum atomic E-state index is -4.90. The second-order valence-corrected chi connectivity index (χ2v) is 6.23. The number of hydrogen-bond donors (Lipinski definition) is 0. The number of benzene rings is 1. The van der Waals surface area contributed by atoms with Crippen LogP contribution < -0.4 is 4.74 Å². The Morgan fingerprint density at radius 2 is 1.95 bits per heavy atom. The van der Waals surface area contributed by atoms with E-state index < -0.39 is 38.5 Å². The summed E-state index contributed by atoms with van der Waals surface area (Å²) in [7, 11) is -3.53. The number of carbonyl (C=O) groups excluding carboxylic acids is 1. The van der Waals surface area contributed by atoms with Gasteiger partial charge in [0.15, 0.2) is 15.6 Å². The normalized spacial score (nSPS) is 12.3. The minimum absolute atomic E-state index is 0.107. The van der Waals surface area contributed by atoms with Crippen LogP contribution >= 0.6 is 11.6 Å². The van der Waals surface area contributed by atoms with Gasteiger partial charge in [-0.3, -0.25) is 4.79 Å². The van der Waals surface area contributed by atoms with E-state index in [-0.39, 0.29) is 5.56 Å². The fourth-order valence-corrected chi connectivity index (χ4v) is 2.07. The smallest absolute Gasteiger partial charge is 0.404 e. The molecule has 4 nitrogen and oxygen atoms in total. The van der Waals surface area contributed by atoms with E-state index in [0.29, 0.717) is 0 Å². The first-order valence-electron chi connectivity index (χ1n) is 4.74. The molecule has 19 heavy (non-hydrogen) atoms. The molecule has 0 amide bonds. The van der Waals surface area contributed by atoms with Gasteiger partial charge in [-0.15, -0.1) is 13.2 Å². The SMILES string of the molecule is CS(=O)(=O)CC(=O)c1ccc(OC(F)(F)F)c(Cl)c1. The third kappa shape index (κ3) is 5.48. The van der Waals surface area contributed by atoms with E-state index in [9.17, 15) is 26.4 Å². The van der Waals surface area contributed by atoms with Crippen LogP contribution in [0.15, 0.2) is 18.2 Å². The van der Waals surface area contributed by atoms with Gasteiger partial charge in [0.25, 0.3) is 0 Å². The molecule has 0 aromatic heterocycles. The van der Waals surface area contributed by atoms with Crippen molar-refractivity contribution in [3.05, 3.63) is 28.8 Å². The third-order valence-corrected chi connectivity index (χ3v) is 2.95. The lowest BCUT2D eigenvalue weighted by Gasteiger charge is -2.10. The number of carbonyl (C=O) groups is 1. The van der Waals surface area contributed by atoms with Crippen LogP contribution in [0.4, 0.5) is 13.2 Å². The summed E-state index contributed by atoms with van der Waals surface area (Å²) < 4.78 is 61.4. The number of Topliss-reactive ketones (excluding diaryl/α,β-unsaturated/α-hetero) is 1. The van der Waals surface area contributed by atoms with Gasteiger partial charge in [0, 0.05) is 11.8 Å². The lowest BCUT2D eigenvalue weighted by atomic mass is 10.1. The Labute approximate surface area is 112 Å². The molecule has 0 aliphatic heterocycles. The highest BCUT2D eigenvalue weighted by Gasteiger charge is 2.32. The van der Waals surface area contributed by atoms with Gasteiger partial charge in [-0.1, -0.05) is 11.6 Å². The highest BCUT2D eigenvalue weighted by atomic mass is 35.5. The minimum Gasteiger partial charge on any atom is -0.404 e. The molecule has 0 radical (unpaired) electrons. The summed E-state index contributed by atoms with van der Waals surface area (Å²) >= 11 is 5.52. The largest absolute Gasteiger partial charge is 0.573 e. The summed E-state index contributed by atoms with van der Waals surface area (Å²) in [6, 6.07) is 2.79. The number of sulfone groups is 1. The number of rotatable bonds is 4. The van der Waals surface area contributed by atoms with Crippen LogP contribution in [-0.2, 0) is 9.84 Å². The number of halogens is 4. The quantitative estimate of drug-likeness (QED) is 0.801. The average molecular weight is 317 g/mol. The molecule has 0 spiro atoms. The van der Waals surface area contributed by atoms with Gasteiger partial charge in [-0.2, -0.15) is 0 Å². The summed E-state index contributed by atoms with van der Waals surface area (Å²) in [5, 5.41) is -0.434. The van der Waals surface area contributed by atoms with Crippen molar-refractivity contribution in [2.75, 3.05) is 12.0 Å². The van der Waals surface area contributed by atoms with Crippen LogP contribution in [0.3, 0.4) is 0 Å². The van der Waals surface area contributed by atoms with Gasteiger partial charge in [0.05, 0.1) is 5.02 Å². The van der Waals surface area contributed by atoms with Crippen LogP contribution in [0, 0.1) is 0 Å². The number of ether oxygens (including phenoxy) is 1. The van der Waals surface area contributed by atoms with Crippen LogP contribution in [0.2, 0.25) is 5.02 Å². The van der Waals surface area contributed by atoms with Crippen LogP contribution in [0.25, 0.3) is 0 Å². The molecule has 0 N–H and O–H groups in total. The molecule has 1 aromatic rings. The molecule has 0 saturated heterocycles. The van der Waals surface area contributed by atoms with Gasteiger partial charge in [-0.25, -0.2) is 8.42 Å². The van der Waals surface area contributed by atoms with Crippen molar-refractivity contribution in [1.29, 1.82) is 0 Å². The zero-order valence-corrected chi connectivity index (χ0v) is 11.1. The standard InChI is InChI=1S/C10H8ClF3O4S/c1-19(16,17)5-8(15)6-2-3-9(7(11)4-6)18-10(12,13)14/h2-4H,5H2,1H3. The van der Waals surface area contributed by atoms with Gasteiger partial charge in [0.1, 0.15) is 11.5 Å². The molecule has 0 saturated carbocycles. The molecule has 1 rings (SSSR count). The van der Waals surface area contributed by atoms with Crippen LogP contribution in [0.1, 0.15) is 10.4 Å². The number of hydrogen-bond acceptors (Lipinski definition) is 4. The fraction of sp³-hybridized carbons (Fsp3) is 0.300. The maximum atomic E-state index is 12.0. The van der Waals surface area contributed by atoms with Crippen molar-refractivity contribution in [3.8, 4) is 5.75 Å². The first-order chi connectivity index (χ1) is 8.48. The van der Waals surface area contributed by atoms with E-state index in [4.69, 9.17) is 11.6 Å². The first kappa shape index (κ1) is 15.8. The molecule has 0 aliphatic carbocycles. The van der Waals surface area contributed by atoms with Crippen LogP contribution in [-0.4, -0.2) is 32.6 Å². The number of ketones is 1. The molecular weight excluding hydrogens is 309 g/mol. The summed E-state index contributed by atoms with van der Waals surface area (Å²) in [4.78, 5) is 11.5. The fourth-order valence-electron chi connectivity index (χ4n) is 1.20. The first-order valence-corrected chi connectivity index (χ1v) is 7.18. The predicted octanol–water partition coefficient (Wildman–Crippen LogP) is 2.47. The Morgan fingerprint density at radius 1 is 1.37 bits per heavy atom. The topological polar surface area (TPSA) is 60.4 Å². The molecular formula is C10H8ClF3O4S. The van der Waals surface area contributed by atoms with E-state index in [1.54, 1.807) is 0 Å². The summed E-state index contributed by atoms with van der Waals surface area (Å²) in [5.74, 6) is -2.17. The Bertz CT molecular complexity index is 595. The second kappa shape index (κ2) is 5.38. The zero-order valence-electron chi connectivity index (χ0n) is 9.49. The highest BCUT2D eigenvalue weighted by molar-refractivity contribution is 7.91. The van der Waals surface area contributed by atoms with Crippen molar-refractivity contribution < 1.29 is 31.1 Å².